The van der Waals surface area contributed by atoms with Crippen LogP contribution in [-0.2, 0) is 11.3 Å². The van der Waals surface area contributed by atoms with Crippen molar-refractivity contribution in [2.45, 2.75) is 52.3 Å². The van der Waals surface area contributed by atoms with Gasteiger partial charge >= 0.3 is 0 Å². The minimum absolute atomic E-state index is 0.0312. The molecule has 1 fully saturated rings. The second kappa shape index (κ2) is 10.5. The quantitative estimate of drug-likeness (QED) is 0.694. The molecular formula is C25H34N2O4. The van der Waals surface area contributed by atoms with Crippen molar-refractivity contribution in [1.82, 2.24) is 10.2 Å². The molecule has 6 nitrogen and oxygen atoms in total. The van der Waals surface area contributed by atoms with Crippen LogP contribution in [0.25, 0.3) is 0 Å². The van der Waals surface area contributed by atoms with E-state index in [-0.39, 0.29) is 18.1 Å². The molecule has 1 N–H and O–H groups in total. The molecule has 0 bridgehead atoms. The summed E-state index contributed by atoms with van der Waals surface area (Å²) in [4.78, 5) is 14.9. The van der Waals surface area contributed by atoms with E-state index in [1.54, 1.807) is 14.2 Å². The molecular weight excluding hydrogens is 392 g/mol. The van der Waals surface area contributed by atoms with Gasteiger partial charge in [0.2, 0.25) is 5.91 Å². The predicted octanol–water partition coefficient (Wildman–Crippen LogP) is 3.87. The number of rotatable bonds is 8. The molecule has 1 heterocycles. The summed E-state index contributed by atoms with van der Waals surface area (Å²) in [5, 5.41) is 3.04. The normalized spacial score (nSPS) is 15.9. The fourth-order valence-electron chi connectivity index (χ4n) is 3.89. The lowest BCUT2D eigenvalue weighted by atomic mass is 10.0. The van der Waals surface area contributed by atoms with Crippen LogP contribution in [0, 0.1) is 13.8 Å². The molecule has 1 aliphatic rings. The van der Waals surface area contributed by atoms with E-state index < -0.39 is 0 Å². The van der Waals surface area contributed by atoms with Gasteiger partial charge in [-0.2, -0.15) is 0 Å². The van der Waals surface area contributed by atoms with Gasteiger partial charge in [-0.1, -0.05) is 18.2 Å². The lowest BCUT2D eigenvalue weighted by Gasteiger charge is -2.35. The van der Waals surface area contributed by atoms with Gasteiger partial charge in [-0.3, -0.25) is 9.69 Å². The van der Waals surface area contributed by atoms with E-state index in [4.69, 9.17) is 14.2 Å². The van der Waals surface area contributed by atoms with Crippen molar-refractivity contribution in [2.75, 3.05) is 27.3 Å². The first-order valence-corrected chi connectivity index (χ1v) is 10.9. The van der Waals surface area contributed by atoms with E-state index in [0.717, 1.165) is 42.8 Å². The molecule has 2 aromatic rings. The molecule has 0 radical (unpaired) electrons. The summed E-state index contributed by atoms with van der Waals surface area (Å²) in [6.45, 7) is 8.28. The fourth-order valence-corrected chi connectivity index (χ4v) is 3.89. The first-order chi connectivity index (χ1) is 14.9. The maximum absolute atomic E-state index is 12.7. The highest BCUT2D eigenvalue weighted by atomic mass is 16.5. The van der Waals surface area contributed by atoms with Gasteiger partial charge < -0.3 is 19.5 Å². The minimum atomic E-state index is -0.179. The van der Waals surface area contributed by atoms with Gasteiger partial charge in [0.05, 0.1) is 20.3 Å². The van der Waals surface area contributed by atoms with Crippen LogP contribution in [0.3, 0.4) is 0 Å². The second-order valence-corrected chi connectivity index (χ2v) is 8.21. The number of methoxy groups -OCH3 is 2. The van der Waals surface area contributed by atoms with E-state index in [2.05, 4.69) is 42.3 Å². The van der Waals surface area contributed by atoms with E-state index in [0.29, 0.717) is 18.0 Å². The summed E-state index contributed by atoms with van der Waals surface area (Å²) >= 11 is 0. The number of nitrogens with zero attached hydrogens (tertiary/aromatic N) is 1. The Morgan fingerprint density at radius 3 is 2.42 bits per heavy atom. The van der Waals surface area contributed by atoms with E-state index in [9.17, 15) is 4.79 Å². The van der Waals surface area contributed by atoms with Crippen molar-refractivity contribution in [3.05, 3.63) is 53.1 Å². The standard InChI is InChI=1S/C25H34N2O4/c1-17-6-7-18(2)23(14-17)31-21-10-12-27(13-11-21)19(3)25(28)26-16-20-8-9-22(29-4)24(15-20)30-5/h6-9,14-15,19,21H,10-13,16H2,1-5H3,(H,26,28). The number of piperidine rings is 1. The molecule has 1 saturated heterocycles. The molecule has 31 heavy (non-hydrogen) atoms. The average Bonchev–Trinajstić information content (AvgIpc) is 2.79. The smallest absolute Gasteiger partial charge is 0.237 e. The van der Waals surface area contributed by atoms with Crippen molar-refractivity contribution >= 4 is 5.91 Å². The highest BCUT2D eigenvalue weighted by Crippen LogP contribution is 2.27. The van der Waals surface area contributed by atoms with Crippen LogP contribution in [0.1, 0.15) is 36.5 Å². The van der Waals surface area contributed by atoms with Crippen molar-refractivity contribution in [3.63, 3.8) is 0 Å². The van der Waals surface area contributed by atoms with Gasteiger partial charge in [0.25, 0.3) is 0 Å². The van der Waals surface area contributed by atoms with Crippen molar-refractivity contribution in [1.29, 1.82) is 0 Å². The number of carbonyl (C=O) groups is 1. The summed E-state index contributed by atoms with van der Waals surface area (Å²) in [5.41, 5.74) is 3.34. The zero-order valence-corrected chi connectivity index (χ0v) is 19.2. The minimum Gasteiger partial charge on any atom is -0.493 e. The zero-order valence-electron chi connectivity index (χ0n) is 19.2. The van der Waals surface area contributed by atoms with Gasteiger partial charge in [-0.05, 0) is 68.5 Å². The molecule has 168 valence electrons. The Bertz CT molecular complexity index is 891. The van der Waals surface area contributed by atoms with E-state index in [1.165, 1.54) is 5.56 Å². The van der Waals surface area contributed by atoms with Crippen molar-refractivity contribution in [2.24, 2.45) is 0 Å². The Hall–Kier alpha value is -2.73. The van der Waals surface area contributed by atoms with Gasteiger partial charge in [0, 0.05) is 19.6 Å². The summed E-state index contributed by atoms with van der Waals surface area (Å²) in [6.07, 6.45) is 2.03. The van der Waals surface area contributed by atoms with Crippen LogP contribution in [0.2, 0.25) is 0 Å². The first kappa shape index (κ1) is 22.9. The van der Waals surface area contributed by atoms with Crippen molar-refractivity contribution < 1.29 is 19.0 Å². The maximum Gasteiger partial charge on any atom is 0.237 e. The number of hydrogen-bond donors (Lipinski definition) is 1. The van der Waals surface area contributed by atoms with E-state index in [1.807, 2.05) is 25.1 Å². The Morgan fingerprint density at radius 2 is 1.74 bits per heavy atom. The predicted molar refractivity (Wildman–Crippen MR) is 122 cm³/mol. The Kier molecular flexibility index (Phi) is 7.80. The number of nitrogens with one attached hydrogen (secondary N) is 1. The van der Waals surface area contributed by atoms with Crippen LogP contribution in [-0.4, -0.2) is 50.3 Å². The van der Waals surface area contributed by atoms with Gasteiger partial charge in [-0.25, -0.2) is 0 Å². The lowest BCUT2D eigenvalue weighted by molar-refractivity contribution is -0.126. The number of benzene rings is 2. The Morgan fingerprint density at radius 1 is 1.03 bits per heavy atom. The number of carbonyl (C=O) groups excluding carboxylic acids is 1. The summed E-state index contributed by atoms with van der Waals surface area (Å²) in [7, 11) is 3.22. The molecule has 2 aromatic carbocycles. The van der Waals surface area contributed by atoms with Gasteiger partial charge in [0.15, 0.2) is 11.5 Å². The topological polar surface area (TPSA) is 60.0 Å². The molecule has 6 heteroatoms. The second-order valence-electron chi connectivity index (χ2n) is 8.21. The van der Waals surface area contributed by atoms with E-state index >= 15 is 0 Å². The molecule has 0 saturated carbocycles. The Balaban J connectivity index is 1.48. The molecule has 1 atom stereocenters. The van der Waals surface area contributed by atoms with Crippen LogP contribution in [0.5, 0.6) is 17.2 Å². The largest absolute Gasteiger partial charge is 0.493 e. The molecule has 0 aromatic heterocycles. The monoisotopic (exact) mass is 426 g/mol. The number of hydrogen-bond acceptors (Lipinski definition) is 5. The van der Waals surface area contributed by atoms with Crippen molar-refractivity contribution in [3.8, 4) is 17.2 Å². The number of ether oxygens (including phenoxy) is 3. The highest BCUT2D eigenvalue weighted by Gasteiger charge is 2.27. The number of aryl methyl sites for hydroxylation is 2. The third kappa shape index (κ3) is 5.91. The molecule has 1 unspecified atom stereocenters. The maximum atomic E-state index is 12.7. The molecule has 3 rings (SSSR count). The van der Waals surface area contributed by atoms with Crippen LogP contribution >= 0.6 is 0 Å². The SMILES string of the molecule is COc1ccc(CNC(=O)C(C)N2CCC(Oc3cc(C)ccc3C)CC2)cc1OC. The number of amides is 1. The van der Waals surface area contributed by atoms with Crippen LogP contribution in [0.4, 0.5) is 0 Å². The molecule has 0 aliphatic carbocycles. The summed E-state index contributed by atoms with van der Waals surface area (Å²) in [6, 6.07) is 11.8. The zero-order chi connectivity index (χ0) is 22.4. The average molecular weight is 427 g/mol. The van der Waals surface area contributed by atoms with Crippen LogP contribution < -0.4 is 19.5 Å². The third-order valence-electron chi connectivity index (χ3n) is 5.96. The van der Waals surface area contributed by atoms with Gasteiger partial charge in [-0.15, -0.1) is 0 Å². The molecule has 0 spiro atoms. The molecule has 1 amide bonds. The lowest BCUT2D eigenvalue weighted by Crippen LogP contribution is -2.49. The Labute approximate surface area is 185 Å². The number of likely N-dealkylation sites (tertiary alicyclic amines) is 1. The highest BCUT2D eigenvalue weighted by molar-refractivity contribution is 5.81. The fraction of sp³-hybridized carbons (Fsp3) is 0.480. The first-order valence-electron chi connectivity index (χ1n) is 10.9. The summed E-state index contributed by atoms with van der Waals surface area (Å²) < 4.78 is 16.9. The molecule has 1 aliphatic heterocycles. The summed E-state index contributed by atoms with van der Waals surface area (Å²) in [5.74, 6) is 2.34. The van der Waals surface area contributed by atoms with Crippen LogP contribution in [0.15, 0.2) is 36.4 Å². The van der Waals surface area contributed by atoms with Gasteiger partial charge in [0.1, 0.15) is 11.9 Å². The third-order valence-corrected chi connectivity index (χ3v) is 5.96.